The highest BCUT2D eigenvalue weighted by atomic mass is 16.1. The van der Waals surface area contributed by atoms with E-state index in [-0.39, 0.29) is 5.56 Å². The van der Waals surface area contributed by atoms with E-state index in [4.69, 9.17) is 0 Å². The molecular formula is C17H17N3O. The van der Waals surface area contributed by atoms with Crippen LogP contribution in [-0.2, 0) is 6.42 Å². The number of nitrogens with zero attached hydrogens (tertiary/aromatic N) is 2. The summed E-state index contributed by atoms with van der Waals surface area (Å²) in [5.41, 5.74) is 3.17. The lowest BCUT2D eigenvalue weighted by Crippen LogP contribution is -2.16. The number of rotatable bonds is 3. The van der Waals surface area contributed by atoms with E-state index in [0.717, 1.165) is 40.8 Å². The molecule has 3 rings (SSSR count). The maximum Gasteiger partial charge on any atom is 0.254 e. The molecular weight excluding hydrogens is 262 g/mol. The van der Waals surface area contributed by atoms with Crippen LogP contribution in [0.1, 0.15) is 24.7 Å². The summed E-state index contributed by atoms with van der Waals surface area (Å²) in [5, 5.41) is 1.08. The highest BCUT2D eigenvalue weighted by Gasteiger charge is 2.10. The lowest BCUT2D eigenvalue weighted by atomic mass is 10.1. The van der Waals surface area contributed by atoms with Gasteiger partial charge in [-0.2, -0.15) is 0 Å². The monoisotopic (exact) mass is 279 g/mol. The van der Waals surface area contributed by atoms with E-state index in [2.05, 4.69) is 21.9 Å². The van der Waals surface area contributed by atoms with Crippen LogP contribution in [0.2, 0.25) is 0 Å². The molecule has 4 heteroatoms. The van der Waals surface area contributed by atoms with Crippen LogP contribution in [0.5, 0.6) is 0 Å². The van der Waals surface area contributed by atoms with Gasteiger partial charge in [-0.05, 0) is 25.5 Å². The summed E-state index contributed by atoms with van der Waals surface area (Å²) in [6.45, 7) is 3.87. The van der Waals surface area contributed by atoms with E-state index in [1.807, 2.05) is 30.3 Å². The van der Waals surface area contributed by atoms with Gasteiger partial charge in [-0.1, -0.05) is 25.1 Å². The fourth-order valence-corrected chi connectivity index (χ4v) is 2.43. The first-order valence-corrected chi connectivity index (χ1v) is 7.14. The van der Waals surface area contributed by atoms with Crippen molar-refractivity contribution in [3.8, 4) is 11.3 Å². The Kier molecular flexibility index (Phi) is 3.52. The molecule has 0 bridgehead atoms. The average Bonchev–Trinajstić information content (AvgIpc) is 2.50. The first-order valence-electron chi connectivity index (χ1n) is 7.14. The fourth-order valence-electron chi connectivity index (χ4n) is 2.43. The van der Waals surface area contributed by atoms with Crippen molar-refractivity contribution in [3.05, 3.63) is 58.3 Å². The van der Waals surface area contributed by atoms with Crippen LogP contribution >= 0.6 is 0 Å². The molecule has 0 aliphatic rings. The summed E-state index contributed by atoms with van der Waals surface area (Å²) in [7, 11) is 0. The number of pyridine rings is 1. The van der Waals surface area contributed by atoms with Gasteiger partial charge >= 0.3 is 0 Å². The van der Waals surface area contributed by atoms with Gasteiger partial charge in [-0.3, -0.25) is 9.78 Å². The van der Waals surface area contributed by atoms with E-state index in [1.54, 1.807) is 13.1 Å². The molecule has 0 unspecified atom stereocenters. The summed E-state index contributed by atoms with van der Waals surface area (Å²) in [6.07, 6.45) is 3.49. The quantitative estimate of drug-likeness (QED) is 0.800. The number of benzene rings is 1. The summed E-state index contributed by atoms with van der Waals surface area (Å²) < 4.78 is 0. The largest absolute Gasteiger partial charge is 0.310 e. The Hall–Kier alpha value is -2.49. The molecule has 0 spiro atoms. The van der Waals surface area contributed by atoms with Crippen LogP contribution in [0.4, 0.5) is 0 Å². The lowest BCUT2D eigenvalue weighted by Gasteiger charge is -2.08. The zero-order valence-corrected chi connectivity index (χ0v) is 12.2. The topological polar surface area (TPSA) is 58.6 Å². The second-order valence-corrected chi connectivity index (χ2v) is 5.15. The lowest BCUT2D eigenvalue weighted by molar-refractivity contribution is 0.823. The molecule has 106 valence electrons. The summed E-state index contributed by atoms with van der Waals surface area (Å²) in [6, 6.07) is 9.93. The van der Waals surface area contributed by atoms with Gasteiger partial charge in [0.15, 0.2) is 0 Å². The molecule has 1 aromatic carbocycles. The molecule has 0 radical (unpaired) electrons. The molecule has 1 N–H and O–H groups in total. The minimum absolute atomic E-state index is 0.0652. The van der Waals surface area contributed by atoms with Gasteiger partial charge in [-0.15, -0.1) is 0 Å². The normalized spacial score (nSPS) is 11.0. The van der Waals surface area contributed by atoms with Crippen molar-refractivity contribution in [1.29, 1.82) is 0 Å². The number of aryl methyl sites for hydroxylation is 1. The number of aromatic amines is 1. The van der Waals surface area contributed by atoms with Gasteiger partial charge in [0, 0.05) is 29.1 Å². The van der Waals surface area contributed by atoms with E-state index >= 15 is 0 Å². The fraction of sp³-hybridized carbons (Fsp3) is 0.235. The number of hydrogen-bond acceptors (Lipinski definition) is 3. The van der Waals surface area contributed by atoms with Crippen molar-refractivity contribution in [1.82, 2.24) is 15.0 Å². The van der Waals surface area contributed by atoms with Crippen LogP contribution in [0.25, 0.3) is 22.2 Å². The maximum atomic E-state index is 12.1. The van der Waals surface area contributed by atoms with Gasteiger partial charge in [0.2, 0.25) is 0 Å². The minimum Gasteiger partial charge on any atom is -0.310 e. The van der Waals surface area contributed by atoms with Gasteiger partial charge in [0.1, 0.15) is 5.82 Å². The zero-order valence-electron chi connectivity index (χ0n) is 12.2. The SMILES string of the molecule is CCCc1nc(-c2ccc3cccnc3c2)c(C)c(=O)[nH]1. The zero-order chi connectivity index (χ0) is 14.8. The molecule has 2 heterocycles. The minimum atomic E-state index is -0.0652. The van der Waals surface area contributed by atoms with E-state index in [0.29, 0.717) is 5.56 Å². The Morgan fingerprint density at radius 3 is 2.90 bits per heavy atom. The Morgan fingerprint density at radius 1 is 1.24 bits per heavy atom. The van der Waals surface area contributed by atoms with Crippen LogP contribution in [0, 0.1) is 6.92 Å². The Morgan fingerprint density at radius 2 is 2.10 bits per heavy atom. The Labute approximate surface area is 122 Å². The van der Waals surface area contributed by atoms with E-state index in [9.17, 15) is 4.79 Å². The van der Waals surface area contributed by atoms with Gasteiger partial charge < -0.3 is 4.98 Å². The Balaban J connectivity index is 2.19. The molecule has 0 aliphatic carbocycles. The van der Waals surface area contributed by atoms with E-state index in [1.165, 1.54) is 0 Å². The third-order valence-electron chi connectivity index (χ3n) is 3.57. The number of H-pyrrole nitrogens is 1. The Bertz CT molecular complexity index is 852. The highest BCUT2D eigenvalue weighted by Crippen LogP contribution is 2.23. The maximum absolute atomic E-state index is 12.1. The van der Waals surface area contributed by atoms with Crippen molar-refractivity contribution in [3.63, 3.8) is 0 Å². The van der Waals surface area contributed by atoms with Crippen molar-refractivity contribution in [2.24, 2.45) is 0 Å². The molecule has 4 nitrogen and oxygen atoms in total. The summed E-state index contributed by atoms with van der Waals surface area (Å²) in [5.74, 6) is 0.740. The summed E-state index contributed by atoms with van der Waals surface area (Å²) >= 11 is 0. The molecule has 21 heavy (non-hydrogen) atoms. The number of fused-ring (bicyclic) bond motifs is 1. The molecule has 0 amide bonds. The molecule has 3 aromatic rings. The van der Waals surface area contributed by atoms with Crippen LogP contribution in [-0.4, -0.2) is 15.0 Å². The molecule has 0 atom stereocenters. The second kappa shape index (κ2) is 5.48. The van der Waals surface area contributed by atoms with Gasteiger partial charge in [0.05, 0.1) is 11.2 Å². The van der Waals surface area contributed by atoms with Crippen molar-refractivity contribution in [2.75, 3.05) is 0 Å². The number of hydrogen-bond donors (Lipinski definition) is 1. The predicted octanol–water partition coefficient (Wildman–Crippen LogP) is 3.25. The molecule has 0 aliphatic heterocycles. The van der Waals surface area contributed by atoms with Gasteiger partial charge in [-0.25, -0.2) is 4.98 Å². The smallest absolute Gasteiger partial charge is 0.254 e. The molecule has 2 aromatic heterocycles. The standard InChI is InChI=1S/C17H17N3O/c1-3-5-15-19-16(11(2)17(21)20-15)13-8-7-12-6-4-9-18-14(12)10-13/h4,6-10H,3,5H2,1-2H3,(H,19,20,21). The number of aromatic nitrogens is 3. The molecule has 0 saturated carbocycles. The second-order valence-electron chi connectivity index (χ2n) is 5.15. The van der Waals surface area contributed by atoms with Crippen LogP contribution in [0.3, 0.4) is 0 Å². The predicted molar refractivity (Wildman–Crippen MR) is 84.3 cm³/mol. The molecule has 0 saturated heterocycles. The highest BCUT2D eigenvalue weighted by molar-refractivity contribution is 5.83. The average molecular weight is 279 g/mol. The number of nitrogens with one attached hydrogen (secondary N) is 1. The third kappa shape index (κ3) is 2.57. The van der Waals surface area contributed by atoms with E-state index < -0.39 is 0 Å². The van der Waals surface area contributed by atoms with Crippen molar-refractivity contribution >= 4 is 10.9 Å². The molecule has 0 fully saturated rings. The first kappa shape index (κ1) is 13.5. The van der Waals surface area contributed by atoms with Crippen LogP contribution in [0.15, 0.2) is 41.3 Å². The third-order valence-corrected chi connectivity index (χ3v) is 3.57. The summed E-state index contributed by atoms with van der Waals surface area (Å²) in [4.78, 5) is 23.9. The van der Waals surface area contributed by atoms with Gasteiger partial charge in [0.25, 0.3) is 5.56 Å². The van der Waals surface area contributed by atoms with Crippen molar-refractivity contribution in [2.45, 2.75) is 26.7 Å². The van der Waals surface area contributed by atoms with Crippen LogP contribution < -0.4 is 5.56 Å². The first-order chi connectivity index (χ1) is 10.2. The van der Waals surface area contributed by atoms with Crippen molar-refractivity contribution < 1.29 is 0 Å².